The molecular weight excluding hydrogens is 224 g/mol. The Labute approximate surface area is 111 Å². The summed E-state index contributed by atoms with van der Waals surface area (Å²) in [4.78, 5) is 0. The largest absolute Gasteiger partial charge is 0.508 e. The van der Waals surface area contributed by atoms with E-state index in [0.717, 1.165) is 24.8 Å². The predicted octanol–water partition coefficient (Wildman–Crippen LogP) is 4.59. The van der Waals surface area contributed by atoms with Crippen LogP contribution in [-0.2, 0) is 5.41 Å². The Morgan fingerprint density at radius 1 is 1.22 bits per heavy atom. The number of hydrogen-bond donors (Lipinski definition) is 2. The molecule has 0 aliphatic rings. The van der Waals surface area contributed by atoms with Crippen molar-refractivity contribution in [1.82, 2.24) is 0 Å². The summed E-state index contributed by atoms with van der Waals surface area (Å²) < 4.78 is 0. The smallest absolute Gasteiger partial charge is 0.119 e. The number of phenolic OH excluding ortho intramolecular Hbond substituents is 2. The molecule has 0 heterocycles. The van der Waals surface area contributed by atoms with Crippen LogP contribution in [0.1, 0.15) is 58.9 Å². The fourth-order valence-corrected chi connectivity index (χ4v) is 2.41. The molecule has 2 nitrogen and oxygen atoms in total. The lowest BCUT2D eigenvalue weighted by atomic mass is 9.75. The van der Waals surface area contributed by atoms with Crippen LogP contribution in [0, 0.1) is 5.92 Å². The highest BCUT2D eigenvalue weighted by molar-refractivity contribution is 5.43. The summed E-state index contributed by atoms with van der Waals surface area (Å²) in [5.74, 6) is 1.23. The fourth-order valence-electron chi connectivity index (χ4n) is 2.41. The minimum atomic E-state index is -0.0578. The van der Waals surface area contributed by atoms with Gasteiger partial charge in [-0.15, -0.1) is 0 Å². The molecule has 1 atom stereocenters. The normalized spacial score (nSPS) is 14.7. The molecule has 18 heavy (non-hydrogen) atoms. The molecule has 1 unspecified atom stereocenters. The van der Waals surface area contributed by atoms with Gasteiger partial charge in [-0.25, -0.2) is 0 Å². The van der Waals surface area contributed by atoms with Crippen molar-refractivity contribution in [3.8, 4) is 11.5 Å². The van der Waals surface area contributed by atoms with Crippen molar-refractivity contribution < 1.29 is 10.2 Å². The van der Waals surface area contributed by atoms with Crippen LogP contribution in [0.4, 0.5) is 0 Å². The van der Waals surface area contributed by atoms with Gasteiger partial charge in [-0.05, 0) is 42.4 Å². The average molecular weight is 250 g/mol. The molecule has 0 saturated heterocycles. The fraction of sp³-hybridized carbons (Fsp3) is 0.625. The van der Waals surface area contributed by atoms with Crippen molar-refractivity contribution in [3.63, 3.8) is 0 Å². The second-order valence-corrected chi connectivity index (χ2v) is 5.90. The Bertz CT molecular complexity index is 385. The third kappa shape index (κ3) is 3.66. The number of hydrogen-bond acceptors (Lipinski definition) is 2. The molecule has 0 radical (unpaired) electrons. The minimum absolute atomic E-state index is 0.0578. The lowest BCUT2D eigenvalue weighted by molar-refractivity contribution is 0.359. The van der Waals surface area contributed by atoms with E-state index in [4.69, 9.17) is 0 Å². The van der Waals surface area contributed by atoms with Crippen LogP contribution in [0.2, 0.25) is 0 Å². The summed E-state index contributed by atoms with van der Waals surface area (Å²) in [5.41, 5.74) is 0.811. The lowest BCUT2D eigenvalue weighted by Crippen LogP contribution is -2.21. The maximum absolute atomic E-state index is 10.00. The van der Waals surface area contributed by atoms with Crippen LogP contribution >= 0.6 is 0 Å². The van der Waals surface area contributed by atoms with Gasteiger partial charge in [0.1, 0.15) is 11.5 Å². The van der Waals surface area contributed by atoms with Gasteiger partial charge in [-0.1, -0.05) is 40.5 Å². The minimum Gasteiger partial charge on any atom is -0.508 e. The van der Waals surface area contributed by atoms with Crippen molar-refractivity contribution >= 4 is 0 Å². The number of aromatic hydroxyl groups is 2. The van der Waals surface area contributed by atoms with E-state index in [0.29, 0.717) is 11.7 Å². The third-order valence-electron chi connectivity index (χ3n) is 3.92. The molecule has 1 aromatic rings. The molecule has 0 aliphatic heterocycles. The highest BCUT2D eigenvalue weighted by Crippen LogP contribution is 2.39. The lowest BCUT2D eigenvalue weighted by Gasteiger charge is -2.30. The van der Waals surface area contributed by atoms with Gasteiger partial charge in [0.15, 0.2) is 0 Å². The van der Waals surface area contributed by atoms with Gasteiger partial charge in [0.2, 0.25) is 0 Å². The van der Waals surface area contributed by atoms with Gasteiger partial charge in [-0.3, -0.25) is 0 Å². The molecule has 2 N–H and O–H groups in total. The van der Waals surface area contributed by atoms with Gasteiger partial charge in [-0.2, -0.15) is 0 Å². The summed E-state index contributed by atoms with van der Waals surface area (Å²) in [7, 11) is 0. The van der Waals surface area contributed by atoms with E-state index in [1.165, 1.54) is 12.5 Å². The molecule has 0 amide bonds. The van der Waals surface area contributed by atoms with Crippen LogP contribution in [-0.4, -0.2) is 10.2 Å². The molecular formula is C16H26O2. The Morgan fingerprint density at radius 2 is 1.89 bits per heavy atom. The summed E-state index contributed by atoms with van der Waals surface area (Å²) in [5, 5.41) is 19.6. The van der Waals surface area contributed by atoms with Crippen molar-refractivity contribution in [3.05, 3.63) is 23.8 Å². The summed E-state index contributed by atoms with van der Waals surface area (Å²) >= 11 is 0. The van der Waals surface area contributed by atoms with Gasteiger partial charge < -0.3 is 10.2 Å². The molecule has 0 fully saturated rings. The van der Waals surface area contributed by atoms with Gasteiger partial charge in [0, 0.05) is 5.56 Å². The van der Waals surface area contributed by atoms with Gasteiger partial charge in [0.05, 0.1) is 0 Å². The van der Waals surface area contributed by atoms with E-state index in [2.05, 4.69) is 27.7 Å². The van der Waals surface area contributed by atoms with Crippen molar-refractivity contribution in [2.45, 2.75) is 58.8 Å². The monoisotopic (exact) mass is 250 g/mol. The van der Waals surface area contributed by atoms with Crippen LogP contribution in [0.25, 0.3) is 0 Å². The highest BCUT2D eigenvalue weighted by Gasteiger charge is 2.27. The highest BCUT2D eigenvalue weighted by atomic mass is 16.3. The van der Waals surface area contributed by atoms with E-state index in [1.807, 2.05) is 0 Å². The topological polar surface area (TPSA) is 40.5 Å². The Hall–Kier alpha value is -1.18. The van der Waals surface area contributed by atoms with E-state index in [-0.39, 0.29) is 11.2 Å². The van der Waals surface area contributed by atoms with Crippen molar-refractivity contribution in [1.29, 1.82) is 0 Å². The molecule has 0 saturated carbocycles. The standard InChI is InChI=1S/C16H26O2/c1-5-16(4,10-6-7-12(2)3)14-11-13(17)8-9-15(14)18/h8-9,11-12,17-18H,5-7,10H2,1-4H3. The molecule has 1 aromatic carbocycles. The van der Waals surface area contributed by atoms with E-state index >= 15 is 0 Å². The number of benzene rings is 1. The maximum atomic E-state index is 10.00. The van der Waals surface area contributed by atoms with Crippen LogP contribution in [0.15, 0.2) is 18.2 Å². The zero-order valence-corrected chi connectivity index (χ0v) is 12.0. The molecule has 0 bridgehead atoms. The molecule has 0 aliphatic carbocycles. The predicted molar refractivity (Wildman–Crippen MR) is 76.1 cm³/mol. The quantitative estimate of drug-likeness (QED) is 0.725. The van der Waals surface area contributed by atoms with Crippen LogP contribution < -0.4 is 0 Å². The molecule has 2 heteroatoms. The Kier molecular flexibility index (Phi) is 5.06. The SMILES string of the molecule is CCC(C)(CCCC(C)C)c1cc(O)ccc1O. The first-order chi connectivity index (χ1) is 8.39. The van der Waals surface area contributed by atoms with Crippen molar-refractivity contribution in [2.24, 2.45) is 5.92 Å². The summed E-state index contributed by atoms with van der Waals surface area (Å²) in [6.07, 6.45) is 4.35. The second-order valence-electron chi connectivity index (χ2n) is 5.90. The zero-order valence-electron chi connectivity index (χ0n) is 12.0. The first-order valence-corrected chi connectivity index (χ1v) is 6.91. The van der Waals surface area contributed by atoms with E-state index in [1.54, 1.807) is 12.1 Å². The van der Waals surface area contributed by atoms with Gasteiger partial charge in [0.25, 0.3) is 0 Å². The molecule has 1 rings (SSSR count). The van der Waals surface area contributed by atoms with Gasteiger partial charge >= 0.3 is 0 Å². The number of rotatable bonds is 6. The molecule has 0 aromatic heterocycles. The average Bonchev–Trinajstić information content (AvgIpc) is 2.31. The van der Waals surface area contributed by atoms with E-state index in [9.17, 15) is 10.2 Å². The Morgan fingerprint density at radius 3 is 2.44 bits per heavy atom. The first-order valence-electron chi connectivity index (χ1n) is 6.91. The maximum Gasteiger partial charge on any atom is 0.119 e. The summed E-state index contributed by atoms with van der Waals surface area (Å²) in [6.45, 7) is 8.77. The molecule has 102 valence electrons. The van der Waals surface area contributed by atoms with Crippen LogP contribution in [0.3, 0.4) is 0 Å². The summed E-state index contributed by atoms with van der Waals surface area (Å²) in [6, 6.07) is 4.82. The second kappa shape index (κ2) is 6.12. The zero-order chi connectivity index (χ0) is 13.8. The third-order valence-corrected chi connectivity index (χ3v) is 3.92. The first kappa shape index (κ1) is 14.9. The Balaban J connectivity index is 2.88. The van der Waals surface area contributed by atoms with Crippen LogP contribution in [0.5, 0.6) is 11.5 Å². The molecule has 0 spiro atoms. The van der Waals surface area contributed by atoms with E-state index < -0.39 is 0 Å². The number of phenols is 2. The van der Waals surface area contributed by atoms with Crippen molar-refractivity contribution in [2.75, 3.05) is 0 Å².